The van der Waals surface area contributed by atoms with E-state index in [1.807, 2.05) is 30.3 Å². The third-order valence-corrected chi connectivity index (χ3v) is 3.54. The molecule has 1 aromatic carbocycles. The van der Waals surface area contributed by atoms with E-state index in [9.17, 15) is 9.59 Å². The standard InChI is InChI=1S/C14H14N2O3S/c17-12(9-15-10-5-2-1-3-6-10)16-13(14(18)19)11-7-4-8-20-11/h1-8,13,15H,9H2,(H,16,17)(H,18,19). The number of anilines is 1. The third kappa shape index (κ3) is 3.83. The SMILES string of the molecule is O=C(CNc1ccccc1)NC(C(=O)O)c1cccs1. The predicted octanol–water partition coefficient (Wildman–Crippen LogP) is 2.10. The fourth-order valence-electron chi connectivity index (χ4n) is 1.66. The second-order valence-electron chi connectivity index (χ2n) is 4.07. The second kappa shape index (κ2) is 6.72. The summed E-state index contributed by atoms with van der Waals surface area (Å²) >= 11 is 1.30. The van der Waals surface area contributed by atoms with Crippen molar-refractivity contribution in [3.8, 4) is 0 Å². The van der Waals surface area contributed by atoms with E-state index in [1.54, 1.807) is 17.5 Å². The highest BCUT2D eigenvalue weighted by Crippen LogP contribution is 2.19. The minimum absolute atomic E-state index is 0.0270. The van der Waals surface area contributed by atoms with Gasteiger partial charge in [0.15, 0.2) is 6.04 Å². The summed E-state index contributed by atoms with van der Waals surface area (Å²) in [7, 11) is 0. The highest BCUT2D eigenvalue weighted by atomic mass is 32.1. The topological polar surface area (TPSA) is 78.4 Å². The lowest BCUT2D eigenvalue weighted by Gasteiger charge is -2.13. The number of benzene rings is 1. The first-order valence-corrected chi connectivity index (χ1v) is 6.89. The number of carbonyl (C=O) groups is 2. The van der Waals surface area contributed by atoms with Crippen molar-refractivity contribution >= 4 is 28.9 Å². The molecule has 20 heavy (non-hydrogen) atoms. The summed E-state index contributed by atoms with van der Waals surface area (Å²) in [6, 6.07) is 11.7. The summed E-state index contributed by atoms with van der Waals surface area (Å²) in [5.74, 6) is -1.44. The first kappa shape index (κ1) is 14.1. The monoisotopic (exact) mass is 290 g/mol. The van der Waals surface area contributed by atoms with Gasteiger partial charge in [0.2, 0.25) is 5.91 Å². The summed E-state index contributed by atoms with van der Waals surface area (Å²) in [4.78, 5) is 23.6. The van der Waals surface area contributed by atoms with Crippen molar-refractivity contribution in [1.82, 2.24) is 5.32 Å². The summed E-state index contributed by atoms with van der Waals surface area (Å²) < 4.78 is 0. The average molecular weight is 290 g/mol. The maximum absolute atomic E-state index is 11.8. The van der Waals surface area contributed by atoms with Gasteiger partial charge in [0.1, 0.15) is 0 Å². The molecule has 0 aliphatic rings. The molecule has 2 aromatic rings. The van der Waals surface area contributed by atoms with Gasteiger partial charge >= 0.3 is 5.97 Å². The molecule has 2 rings (SSSR count). The number of amides is 1. The van der Waals surface area contributed by atoms with E-state index in [4.69, 9.17) is 5.11 Å². The molecule has 0 spiro atoms. The van der Waals surface area contributed by atoms with E-state index in [0.717, 1.165) is 5.69 Å². The van der Waals surface area contributed by atoms with E-state index in [-0.39, 0.29) is 12.5 Å². The Labute approximate surface area is 120 Å². The Hall–Kier alpha value is -2.34. The van der Waals surface area contributed by atoms with Gasteiger partial charge in [0.05, 0.1) is 6.54 Å². The largest absolute Gasteiger partial charge is 0.479 e. The Kier molecular flexibility index (Phi) is 4.73. The van der Waals surface area contributed by atoms with E-state index in [2.05, 4.69) is 10.6 Å². The average Bonchev–Trinajstić information content (AvgIpc) is 2.97. The molecule has 5 nitrogen and oxygen atoms in total. The predicted molar refractivity (Wildman–Crippen MR) is 77.8 cm³/mol. The lowest BCUT2D eigenvalue weighted by Crippen LogP contribution is -2.36. The molecule has 3 N–H and O–H groups in total. The van der Waals surface area contributed by atoms with Gasteiger partial charge in [-0.25, -0.2) is 4.79 Å². The van der Waals surface area contributed by atoms with Gasteiger partial charge in [-0.3, -0.25) is 4.79 Å². The molecule has 1 heterocycles. The molecule has 1 atom stereocenters. The summed E-state index contributed by atoms with van der Waals surface area (Å²) in [5, 5.41) is 16.4. The zero-order valence-electron chi connectivity index (χ0n) is 10.6. The molecule has 0 saturated carbocycles. The first-order valence-electron chi connectivity index (χ1n) is 6.01. The zero-order valence-corrected chi connectivity index (χ0v) is 11.4. The van der Waals surface area contributed by atoms with Gasteiger partial charge in [-0.15, -0.1) is 11.3 Å². The molecule has 6 heteroatoms. The second-order valence-corrected chi connectivity index (χ2v) is 5.05. The quantitative estimate of drug-likeness (QED) is 0.761. The number of thiophene rings is 1. The van der Waals surface area contributed by atoms with Crippen LogP contribution < -0.4 is 10.6 Å². The molecule has 0 saturated heterocycles. The number of carbonyl (C=O) groups excluding carboxylic acids is 1. The molecular weight excluding hydrogens is 276 g/mol. The molecule has 1 unspecified atom stereocenters. The minimum atomic E-state index is -1.07. The Morgan fingerprint density at radius 2 is 1.90 bits per heavy atom. The van der Waals surface area contributed by atoms with Crippen LogP contribution in [0.1, 0.15) is 10.9 Å². The lowest BCUT2D eigenvalue weighted by molar-refractivity contribution is -0.141. The van der Waals surface area contributed by atoms with Crippen LogP contribution in [-0.4, -0.2) is 23.5 Å². The summed E-state index contributed by atoms with van der Waals surface area (Å²) in [6.45, 7) is 0.0270. The van der Waals surface area contributed by atoms with Crippen molar-refractivity contribution < 1.29 is 14.7 Å². The van der Waals surface area contributed by atoms with Crippen LogP contribution in [-0.2, 0) is 9.59 Å². The van der Waals surface area contributed by atoms with E-state index in [1.165, 1.54) is 11.3 Å². The van der Waals surface area contributed by atoms with E-state index in [0.29, 0.717) is 4.88 Å². The molecule has 1 aromatic heterocycles. The maximum atomic E-state index is 11.8. The Bertz CT molecular complexity index is 569. The summed E-state index contributed by atoms with van der Waals surface area (Å²) in [5.41, 5.74) is 0.811. The number of aliphatic carboxylic acids is 1. The minimum Gasteiger partial charge on any atom is -0.479 e. The van der Waals surface area contributed by atoms with Crippen LogP contribution in [0.2, 0.25) is 0 Å². The molecule has 0 fully saturated rings. The van der Waals surface area contributed by atoms with Gasteiger partial charge < -0.3 is 15.7 Å². The Morgan fingerprint density at radius 1 is 1.15 bits per heavy atom. The number of hydrogen-bond donors (Lipinski definition) is 3. The van der Waals surface area contributed by atoms with Crippen LogP contribution in [0.15, 0.2) is 47.8 Å². The van der Waals surface area contributed by atoms with Gasteiger partial charge in [0.25, 0.3) is 0 Å². The number of nitrogens with one attached hydrogen (secondary N) is 2. The Balaban J connectivity index is 1.91. The number of rotatable bonds is 6. The van der Waals surface area contributed by atoms with Crippen molar-refractivity contribution in [2.45, 2.75) is 6.04 Å². The number of para-hydroxylation sites is 1. The van der Waals surface area contributed by atoms with Crippen LogP contribution in [0.5, 0.6) is 0 Å². The number of carboxylic acid groups (broad SMARTS) is 1. The van der Waals surface area contributed by atoms with Gasteiger partial charge in [0, 0.05) is 10.6 Å². The molecule has 0 aliphatic heterocycles. The highest BCUT2D eigenvalue weighted by Gasteiger charge is 2.22. The van der Waals surface area contributed by atoms with Gasteiger partial charge in [-0.1, -0.05) is 24.3 Å². The number of carboxylic acids is 1. The van der Waals surface area contributed by atoms with Crippen LogP contribution in [0.25, 0.3) is 0 Å². The van der Waals surface area contributed by atoms with Crippen LogP contribution in [0.4, 0.5) is 5.69 Å². The normalized spacial score (nSPS) is 11.6. The van der Waals surface area contributed by atoms with Gasteiger partial charge in [-0.05, 0) is 23.6 Å². The van der Waals surface area contributed by atoms with Crippen LogP contribution >= 0.6 is 11.3 Å². The zero-order chi connectivity index (χ0) is 14.4. The number of hydrogen-bond acceptors (Lipinski definition) is 4. The van der Waals surface area contributed by atoms with Gasteiger partial charge in [-0.2, -0.15) is 0 Å². The molecule has 104 valence electrons. The third-order valence-electron chi connectivity index (χ3n) is 2.61. The summed E-state index contributed by atoms with van der Waals surface area (Å²) in [6.07, 6.45) is 0. The van der Waals surface area contributed by atoms with Crippen molar-refractivity contribution in [3.05, 3.63) is 52.7 Å². The van der Waals surface area contributed by atoms with Crippen molar-refractivity contribution in [3.63, 3.8) is 0 Å². The smallest absolute Gasteiger partial charge is 0.331 e. The first-order chi connectivity index (χ1) is 9.66. The molecule has 0 aliphatic carbocycles. The Morgan fingerprint density at radius 3 is 2.50 bits per heavy atom. The molecule has 1 amide bonds. The van der Waals surface area contributed by atoms with Crippen LogP contribution in [0.3, 0.4) is 0 Å². The van der Waals surface area contributed by atoms with E-state index >= 15 is 0 Å². The van der Waals surface area contributed by atoms with Crippen molar-refractivity contribution in [2.75, 3.05) is 11.9 Å². The van der Waals surface area contributed by atoms with Crippen LogP contribution in [0, 0.1) is 0 Å². The highest BCUT2D eigenvalue weighted by molar-refractivity contribution is 7.10. The van der Waals surface area contributed by atoms with Crippen molar-refractivity contribution in [2.24, 2.45) is 0 Å². The molecular formula is C14H14N2O3S. The molecule has 0 radical (unpaired) electrons. The maximum Gasteiger partial charge on any atom is 0.331 e. The molecule has 0 bridgehead atoms. The lowest BCUT2D eigenvalue weighted by atomic mass is 10.2. The fourth-order valence-corrected chi connectivity index (χ4v) is 2.43. The van der Waals surface area contributed by atoms with Crippen molar-refractivity contribution in [1.29, 1.82) is 0 Å². The fraction of sp³-hybridized carbons (Fsp3) is 0.143. The van der Waals surface area contributed by atoms with E-state index < -0.39 is 12.0 Å².